The summed E-state index contributed by atoms with van der Waals surface area (Å²) in [6.45, 7) is 6.45. The Bertz CT molecular complexity index is 1770. The molecule has 5 aromatic rings. The van der Waals surface area contributed by atoms with Gasteiger partial charge in [0, 0.05) is 34.6 Å². The SMILES string of the molecule is CCc1ccccc1-n1c(C)cc([C@H]2[C@H](c3ccccn3)NC(=S)N2c2ccc(NC(=O)COc3ccccc3)cc2)c1C. The van der Waals surface area contributed by atoms with Gasteiger partial charge in [-0.1, -0.05) is 49.4 Å². The Hall–Kier alpha value is -4.95. The summed E-state index contributed by atoms with van der Waals surface area (Å²) in [4.78, 5) is 19.4. The monoisotopic (exact) mass is 601 g/mol. The van der Waals surface area contributed by atoms with E-state index in [9.17, 15) is 4.79 Å². The van der Waals surface area contributed by atoms with Crippen molar-refractivity contribution in [1.29, 1.82) is 0 Å². The number of ether oxygens (including phenoxy) is 1. The molecule has 1 amide bonds. The first-order chi connectivity index (χ1) is 21.4. The van der Waals surface area contributed by atoms with Gasteiger partial charge in [0.05, 0.1) is 17.8 Å². The predicted octanol–water partition coefficient (Wildman–Crippen LogP) is 7.25. The zero-order valence-electron chi connectivity index (χ0n) is 25.0. The smallest absolute Gasteiger partial charge is 0.262 e. The summed E-state index contributed by atoms with van der Waals surface area (Å²) in [7, 11) is 0. The number of anilines is 2. The van der Waals surface area contributed by atoms with Gasteiger partial charge in [0.25, 0.3) is 5.91 Å². The van der Waals surface area contributed by atoms with Crippen molar-refractivity contribution in [2.45, 2.75) is 39.3 Å². The topological polar surface area (TPSA) is 71.4 Å². The van der Waals surface area contributed by atoms with E-state index in [0.29, 0.717) is 16.5 Å². The molecule has 0 aliphatic carbocycles. The molecule has 3 heterocycles. The van der Waals surface area contributed by atoms with Crippen LogP contribution in [-0.4, -0.2) is 27.2 Å². The molecular weight excluding hydrogens is 566 g/mol. The molecule has 3 aromatic carbocycles. The van der Waals surface area contributed by atoms with Crippen molar-refractivity contribution in [3.8, 4) is 11.4 Å². The number of thiocarbonyl (C=S) groups is 1. The van der Waals surface area contributed by atoms with E-state index in [1.54, 1.807) is 0 Å². The minimum absolute atomic E-state index is 0.0729. The van der Waals surface area contributed by atoms with Crippen LogP contribution >= 0.6 is 12.2 Å². The number of aromatic nitrogens is 2. The minimum Gasteiger partial charge on any atom is -0.484 e. The summed E-state index contributed by atoms with van der Waals surface area (Å²) < 4.78 is 7.94. The zero-order valence-corrected chi connectivity index (χ0v) is 25.8. The van der Waals surface area contributed by atoms with E-state index >= 15 is 0 Å². The highest BCUT2D eigenvalue weighted by atomic mass is 32.1. The number of nitrogens with zero attached hydrogens (tertiary/aromatic N) is 3. The summed E-state index contributed by atoms with van der Waals surface area (Å²) >= 11 is 5.97. The largest absolute Gasteiger partial charge is 0.484 e. The quantitative estimate of drug-likeness (QED) is 0.174. The molecule has 1 aliphatic heterocycles. The lowest BCUT2D eigenvalue weighted by molar-refractivity contribution is -0.118. The molecule has 2 atom stereocenters. The van der Waals surface area contributed by atoms with Gasteiger partial charge < -0.3 is 24.8 Å². The second-order valence-corrected chi connectivity index (χ2v) is 11.2. The number of hydrogen-bond acceptors (Lipinski definition) is 4. The number of aryl methyl sites for hydroxylation is 2. The van der Waals surface area contributed by atoms with Crippen LogP contribution < -0.4 is 20.3 Å². The summed E-state index contributed by atoms with van der Waals surface area (Å²) in [6.07, 6.45) is 2.77. The first-order valence-electron chi connectivity index (χ1n) is 14.8. The van der Waals surface area contributed by atoms with Crippen LogP contribution in [0.4, 0.5) is 11.4 Å². The van der Waals surface area contributed by atoms with Gasteiger partial charge >= 0.3 is 0 Å². The number of carbonyl (C=O) groups excluding carboxylic acids is 1. The van der Waals surface area contributed by atoms with Crippen molar-refractivity contribution in [3.63, 3.8) is 0 Å². The van der Waals surface area contributed by atoms with Crippen LogP contribution in [0.15, 0.2) is 109 Å². The van der Waals surface area contributed by atoms with E-state index in [0.717, 1.165) is 29.2 Å². The average Bonchev–Trinajstić information content (AvgIpc) is 3.55. The van der Waals surface area contributed by atoms with E-state index < -0.39 is 0 Å². The first-order valence-corrected chi connectivity index (χ1v) is 15.2. The molecule has 6 rings (SSSR count). The Morgan fingerprint density at radius 3 is 2.41 bits per heavy atom. The fourth-order valence-corrected chi connectivity index (χ4v) is 6.35. The number of rotatable bonds is 9. The molecule has 1 saturated heterocycles. The molecule has 1 aliphatic rings. The van der Waals surface area contributed by atoms with Gasteiger partial charge in [0.2, 0.25) is 0 Å². The first kappa shape index (κ1) is 29.1. The molecule has 222 valence electrons. The van der Waals surface area contributed by atoms with Crippen molar-refractivity contribution >= 4 is 34.6 Å². The molecule has 0 saturated carbocycles. The number of nitrogens with one attached hydrogen (secondary N) is 2. The molecule has 44 heavy (non-hydrogen) atoms. The number of benzene rings is 3. The minimum atomic E-state index is -0.229. The van der Waals surface area contributed by atoms with E-state index in [1.807, 2.05) is 79.0 Å². The van der Waals surface area contributed by atoms with Crippen molar-refractivity contribution in [3.05, 3.63) is 138 Å². The Kier molecular flexibility index (Phi) is 8.43. The highest BCUT2D eigenvalue weighted by molar-refractivity contribution is 7.80. The Labute approximate surface area is 263 Å². The highest BCUT2D eigenvalue weighted by Gasteiger charge is 2.42. The Balaban J connectivity index is 1.32. The van der Waals surface area contributed by atoms with E-state index in [2.05, 4.69) is 71.2 Å². The number of carbonyl (C=O) groups is 1. The number of pyridine rings is 1. The van der Waals surface area contributed by atoms with Crippen molar-refractivity contribution in [2.24, 2.45) is 0 Å². The van der Waals surface area contributed by atoms with Crippen LogP contribution in [0.2, 0.25) is 0 Å². The molecule has 0 unspecified atom stereocenters. The fourth-order valence-electron chi connectivity index (χ4n) is 6.00. The van der Waals surface area contributed by atoms with Gasteiger partial charge in [-0.25, -0.2) is 0 Å². The van der Waals surface area contributed by atoms with Crippen molar-refractivity contribution in [2.75, 3.05) is 16.8 Å². The second-order valence-electron chi connectivity index (χ2n) is 10.8. The summed E-state index contributed by atoms with van der Waals surface area (Å²) in [5.41, 5.74) is 8.51. The van der Waals surface area contributed by atoms with E-state index in [4.69, 9.17) is 21.9 Å². The maximum Gasteiger partial charge on any atom is 0.262 e. The third-order valence-corrected chi connectivity index (χ3v) is 8.36. The molecule has 1 fully saturated rings. The van der Waals surface area contributed by atoms with E-state index in [1.165, 1.54) is 16.8 Å². The lowest BCUT2D eigenvalue weighted by Crippen LogP contribution is -2.29. The lowest BCUT2D eigenvalue weighted by atomic mass is 9.96. The number of amides is 1. The molecule has 7 nitrogen and oxygen atoms in total. The third-order valence-electron chi connectivity index (χ3n) is 8.04. The van der Waals surface area contributed by atoms with Gasteiger partial charge in [-0.15, -0.1) is 0 Å². The van der Waals surface area contributed by atoms with Crippen LogP contribution in [0.5, 0.6) is 5.75 Å². The van der Waals surface area contributed by atoms with Gasteiger partial charge in [-0.2, -0.15) is 0 Å². The average molecular weight is 602 g/mol. The summed E-state index contributed by atoms with van der Waals surface area (Å²) in [5.74, 6) is 0.423. The van der Waals surface area contributed by atoms with Crippen LogP contribution in [0.1, 0.15) is 47.2 Å². The predicted molar refractivity (Wildman–Crippen MR) is 180 cm³/mol. The lowest BCUT2D eigenvalue weighted by Gasteiger charge is -2.28. The summed E-state index contributed by atoms with van der Waals surface area (Å²) in [5, 5.41) is 7.11. The Morgan fingerprint density at radius 2 is 1.68 bits per heavy atom. The fraction of sp³-hybridized carbons (Fsp3) is 0.194. The Morgan fingerprint density at radius 1 is 0.955 bits per heavy atom. The van der Waals surface area contributed by atoms with Crippen LogP contribution in [-0.2, 0) is 11.2 Å². The second kappa shape index (κ2) is 12.7. The van der Waals surface area contributed by atoms with Crippen molar-refractivity contribution in [1.82, 2.24) is 14.9 Å². The number of para-hydroxylation sites is 2. The van der Waals surface area contributed by atoms with Crippen LogP contribution in [0.25, 0.3) is 5.69 Å². The molecule has 0 bridgehead atoms. The van der Waals surface area contributed by atoms with Crippen LogP contribution in [0, 0.1) is 13.8 Å². The zero-order chi connectivity index (χ0) is 30.6. The third kappa shape index (κ3) is 5.81. The molecule has 8 heteroatoms. The molecular formula is C36H35N5O2S. The molecule has 0 spiro atoms. The molecule has 2 aromatic heterocycles. The van der Waals surface area contributed by atoms with Gasteiger partial charge in [-0.05, 0) is 104 Å². The van der Waals surface area contributed by atoms with Gasteiger partial charge in [-0.3, -0.25) is 9.78 Å². The maximum absolute atomic E-state index is 12.6. The number of hydrogen-bond donors (Lipinski definition) is 2. The normalized spacial score (nSPS) is 16.1. The standard InChI is InChI=1S/C36H35N5O2S/c1-4-26-12-8-9-16-32(26)40-24(2)22-30(25(40)3)35-34(31-15-10-11-21-37-31)39-36(44)41(35)28-19-17-27(18-20-28)38-33(42)23-43-29-13-6-5-7-14-29/h5-22,34-35H,4,23H2,1-3H3,(H,38,42)(H,39,44)/t34-,35-/m0/s1. The maximum atomic E-state index is 12.6. The van der Waals surface area contributed by atoms with Gasteiger partial charge in [0.1, 0.15) is 5.75 Å². The molecule has 0 radical (unpaired) electrons. The highest BCUT2D eigenvalue weighted by Crippen LogP contribution is 2.44. The van der Waals surface area contributed by atoms with Gasteiger partial charge in [0.15, 0.2) is 11.7 Å². The van der Waals surface area contributed by atoms with Crippen molar-refractivity contribution < 1.29 is 9.53 Å². The molecule has 2 N–H and O–H groups in total. The van der Waals surface area contributed by atoms with E-state index in [-0.39, 0.29) is 24.6 Å². The summed E-state index contributed by atoms with van der Waals surface area (Å²) in [6, 6.07) is 33.6. The van der Waals surface area contributed by atoms with Crippen LogP contribution in [0.3, 0.4) is 0 Å².